The third kappa shape index (κ3) is 5.48. The van der Waals surface area contributed by atoms with E-state index in [2.05, 4.69) is 18.8 Å². The standard InChI is InChI=1S/C20H33N3O3/c1-5-16(6-2)20(24)23-9-7-8-17(13-23)19-18(12-21-15(3)22-19)14-26-11-10-25-4/h12,16-17H,5-11,13-14H2,1-4H3. The summed E-state index contributed by atoms with van der Waals surface area (Å²) in [5.41, 5.74) is 2.06. The van der Waals surface area contributed by atoms with Gasteiger partial charge < -0.3 is 14.4 Å². The molecule has 1 fully saturated rings. The van der Waals surface area contributed by atoms with E-state index >= 15 is 0 Å². The molecule has 6 nitrogen and oxygen atoms in total. The van der Waals surface area contributed by atoms with Crippen molar-refractivity contribution in [1.82, 2.24) is 14.9 Å². The molecule has 0 N–H and O–H groups in total. The van der Waals surface area contributed by atoms with Crippen LogP contribution in [0.4, 0.5) is 0 Å². The number of amides is 1. The Labute approximate surface area is 157 Å². The first kappa shape index (κ1) is 20.8. The van der Waals surface area contributed by atoms with E-state index in [1.165, 1.54) is 0 Å². The molecule has 1 aromatic rings. The van der Waals surface area contributed by atoms with Crippen LogP contribution in [0.25, 0.3) is 0 Å². The summed E-state index contributed by atoms with van der Waals surface area (Å²) < 4.78 is 10.7. The number of nitrogens with zero attached hydrogens (tertiary/aromatic N) is 3. The predicted octanol–water partition coefficient (Wildman–Crippen LogP) is 3.09. The molecule has 1 aliphatic heterocycles. The minimum atomic E-state index is 0.137. The lowest BCUT2D eigenvalue weighted by molar-refractivity contribution is -0.137. The zero-order valence-electron chi connectivity index (χ0n) is 16.7. The number of carbonyl (C=O) groups is 1. The maximum atomic E-state index is 12.8. The predicted molar refractivity (Wildman–Crippen MR) is 101 cm³/mol. The Kier molecular flexibility index (Phi) is 8.45. The molecule has 2 heterocycles. The van der Waals surface area contributed by atoms with Gasteiger partial charge >= 0.3 is 0 Å². The molecule has 0 aromatic carbocycles. The van der Waals surface area contributed by atoms with Crippen LogP contribution in [0.3, 0.4) is 0 Å². The molecule has 1 aliphatic rings. The Bertz CT molecular complexity index is 575. The molecule has 0 bridgehead atoms. The highest BCUT2D eigenvalue weighted by molar-refractivity contribution is 5.79. The summed E-state index contributed by atoms with van der Waals surface area (Å²) >= 11 is 0. The molecule has 0 spiro atoms. The number of aromatic nitrogens is 2. The molecule has 1 saturated heterocycles. The number of hydrogen-bond donors (Lipinski definition) is 0. The fourth-order valence-corrected chi connectivity index (χ4v) is 3.60. The lowest BCUT2D eigenvalue weighted by Crippen LogP contribution is -2.42. The van der Waals surface area contributed by atoms with E-state index in [0.29, 0.717) is 25.7 Å². The van der Waals surface area contributed by atoms with E-state index in [1.807, 2.05) is 18.0 Å². The molecule has 0 radical (unpaired) electrons. The normalized spacial score (nSPS) is 17.7. The van der Waals surface area contributed by atoms with Crippen molar-refractivity contribution in [2.45, 2.75) is 59.0 Å². The number of carbonyl (C=O) groups excluding carboxylic acids is 1. The van der Waals surface area contributed by atoms with Gasteiger partial charge in [0.1, 0.15) is 5.82 Å². The Hall–Kier alpha value is -1.53. The summed E-state index contributed by atoms with van der Waals surface area (Å²) in [6.07, 6.45) is 5.74. The summed E-state index contributed by atoms with van der Waals surface area (Å²) in [5.74, 6) is 1.45. The molecule has 1 unspecified atom stereocenters. The van der Waals surface area contributed by atoms with E-state index in [1.54, 1.807) is 7.11 Å². The van der Waals surface area contributed by atoms with Crippen LogP contribution < -0.4 is 0 Å². The highest BCUT2D eigenvalue weighted by Crippen LogP contribution is 2.29. The van der Waals surface area contributed by atoms with Gasteiger partial charge in [0.2, 0.25) is 5.91 Å². The summed E-state index contributed by atoms with van der Waals surface area (Å²) in [5, 5.41) is 0. The van der Waals surface area contributed by atoms with E-state index in [4.69, 9.17) is 14.5 Å². The lowest BCUT2D eigenvalue weighted by Gasteiger charge is -2.35. The Morgan fingerprint density at radius 3 is 2.81 bits per heavy atom. The first-order valence-corrected chi connectivity index (χ1v) is 9.78. The second kappa shape index (κ2) is 10.6. The molecule has 146 valence electrons. The average Bonchev–Trinajstić information content (AvgIpc) is 2.67. The fourth-order valence-electron chi connectivity index (χ4n) is 3.60. The van der Waals surface area contributed by atoms with Gasteiger partial charge in [-0.15, -0.1) is 0 Å². The number of hydrogen-bond acceptors (Lipinski definition) is 5. The molecule has 26 heavy (non-hydrogen) atoms. The molecule has 1 atom stereocenters. The minimum absolute atomic E-state index is 0.137. The van der Waals surface area contributed by atoms with Gasteiger partial charge in [0, 0.05) is 43.8 Å². The van der Waals surface area contributed by atoms with Crippen LogP contribution in [0.1, 0.15) is 62.5 Å². The van der Waals surface area contributed by atoms with Gasteiger partial charge in [-0.1, -0.05) is 13.8 Å². The van der Waals surface area contributed by atoms with Crippen LogP contribution in [-0.4, -0.2) is 54.2 Å². The highest BCUT2D eigenvalue weighted by atomic mass is 16.5. The van der Waals surface area contributed by atoms with Gasteiger partial charge in [-0.2, -0.15) is 0 Å². The van der Waals surface area contributed by atoms with Gasteiger partial charge in [0.25, 0.3) is 0 Å². The molecule has 0 aliphatic carbocycles. The Balaban J connectivity index is 2.11. The zero-order valence-corrected chi connectivity index (χ0v) is 16.7. The second-order valence-corrected chi connectivity index (χ2v) is 7.01. The van der Waals surface area contributed by atoms with Crippen molar-refractivity contribution < 1.29 is 14.3 Å². The van der Waals surface area contributed by atoms with Gasteiger partial charge in [-0.3, -0.25) is 4.79 Å². The quantitative estimate of drug-likeness (QED) is 0.631. The van der Waals surface area contributed by atoms with Crippen LogP contribution in [-0.2, 0) is 20.9 Å². The number of ether oxygens (including phenoxy) is 2. The SMILES string of the molecule is CCC(CC)C(=O)N1CCCC(c2nc(C)ncc2COCCOC)C1. The first-order valence-electron chi connectivity index (χ1n) is 9.78. The third-order valence-electron chi connectivity index (χ3n) is 5.16. The monoisotopic (exact) mass is 363 g/mol. The molecule has 2 rings (SSSR count). The van der Waals surface area contributed by atoms with Gasteiger partial charge in [0.05, 0.1) is 25.5 Å². The van der Waals surface area contributed by atoms with Crippen molar-refractivity contribution in [2.75, 3.05) is 33.4 Å². The minimum Gasteiger partial charge on any atom is -0.382 e. The van der Waals surface area contributed by atoms with E-state index in [9.17, 15) is 4.79 Å². The van der Waals surface area contributed by atoms with Crippen molar-refractivity contribution in [3.8, 4) is 0 Å². The largest absolute Gasteiger partial charge is 0.382 e. The van der Waals surface area contributed by atoms with Crippen molar-refractivity contribution in [1.29, 1.82) is 0 Å². The Morgan fingerprint density at radius 2 is 2.12 bits per heavy atom. The first-order chi connectivity index (χ1) is 12.6. The van der Waals surface area contributed by atoms with Crippen LogP contribution in [0.2, 0.25) is 0 Å². The number of methoxy groups -OCH3 is 1. The lowest BCUT2D eigenvalue weighted by atomic mass is 9.90. The third-order valence-corrected chi connectivity index (χ3v) is 5.16. The van der Waals surface area contributed by atoms with Crippen LogP contribution in [0.5, 0.6) is 0 Å². The summed E-state index contributed by atoms with van der Waals surface area (Å²) in [4.78, 5) is 23.9. The Morgan fingerprint density at radius 1 is 1.35 bits per heavy atom. The molecular weight excluding hydrogens is 330 g/mol. The van der Waals surface area contributed by atoms with Crippen molar-refractivity contribution >= 4 is 5.91 Å². The summed E-state index contributed by atoms with van der Waals surface area (Å²) in [6.45, 7) is 9.31. The number of piperidine rings is 1. The maximum absolute atomic E-state index is 12.8. The molecule has 1 aromatic heterocycles. The molecule has 6 heteroatoms. The second-order valence-electron chi connectivity index (χ2n) is 7.01. The van der Waals surface area contributed by atoms with Crippen LogP contribution in [0, 0.1) is 12.8 Å². The summed E-state index contributed by atoms with van der Waals surface area (Å²) in [7, 11) is 1.66. The van der Waals surface area contributed by atoms with Gasteiger partial charge in [-0.05, 0) is 32.6 Å². The molecule has 1 amide bonds. The maximum Gasteiger partial charge on any atom is 0.225 e. The number of aryl methyl sites for hydroxylation is 1. The van der Waals surface area contributed by atoms with Crippen molar-refractivity contribution in [3.63, 3.8) is 0 Å². The van der Waals surface area contributed by atoms with E-state index < -0.39 is 0 Å². The topological polar surface area (TPSA) is 64.6 Å². The number of likely N-dealkylation sites (tertiary alicyclic amines) is 1. The summed E-state index contributed by atoms with van der Waals surface area (Å²) in [6, 6.07) is 0. The van der Waals surface area contributed by atoms with Gasteiger partial charge in [0.15, 0.2) is 0 Å². The van der Waals surface area contributed by atoms with Crippen molar-refractivity contribution in [2.24, 2.45) is 5.92 Å². The zero-order chi connectivity index (χ0) is 18.9. The van der Waals surface area contributed by atoms with Crippen LogP contribution in [0.15, 0.2) is 6.20 Å². The van der Waals surface area contributed by atoms with E-state index in [-0.39, 0.29) is 11.8 Å². The molecular formula is C20H33N3O3. The van der Waals surface area contributed by atoms with Crippen molar-refractivity contribution in [3.05, 3.63) is 23.3 Å². The molecule has 0 saturated carbocycles. The van der Waals surface area contributed by atoms with E-state index in [0.717, 1.165) is 55.9 Å². The smallest absolute Gasteiger partial charge is 0.225 e. The van der Waals surface area contributed by atoms with Gasteiger partial charge in [-0.25, -0.2) is 9.97 Å². The van der Waals surface area contributed by atoms with Crippen LogP contribution >= 0.6 is 0 Å². The fraction of sp³-hybridized carbons (Fsp3) is 0.750. The number of rotatable bonds is 9. The highest BCUT2D eigenvalue weighted by Gasteiger charge is 2.30. The average molecular weight is 364 g/mol.